The van der Waals surface area contributed by atoms with Crippen LogP contribution in [-0.2, 0) is 4.74 Å². The lowest BCUT2D eigenvalue weighted by molar-refractivity contribution is 0.00337. The zero-order chi connectivity index (χ0) is 23.8. The van der Waals surface area contributed by atoms with Crippen LogP contribution in [0, 0.1) is 0 Å². The second-order valence-corrected chi connectivity index (χ2v) is 9.75. The number of carbonyl (C=O) groups excluding carboxylic acids is 1. The number of aromatic nitrogens is 2. The number of pyridine rings is 1. The van der Waals surface area contributed by atoms with Crippen molar-refractivity contribution in [1.29, 1.82) is 0 Å². The van der Waals surface area contributed by atoms with Crippen molar-refractivity contribution in [1.82, 2.24) is 19.4 Å². The number of aromatic hydroxyl groups is 1. The number of nitrogens with zero attached hydrogens (tertiary/aromatic N) is 6. The minimum atomic E-state index is -0.472. The van der Waals surface area contributed by atoms with Gasteiger partial charge in [-0.2, -0.15) is 10.2 Å². The smallest absolute Gasteiger partial charge is 0.410 e. The molecule has 2 aromatic rings. The van der Waals surface area contributed by atoms with Gasteiger partial charge in [0.05, 0.1) is 18.0 Å². The number of fused-ring (bicyclic) bond motifs is 1. The predicted octanol–water partition coefficient (Wildman–Crippen LogP) is 2.25. The summed E-state index contributed by atoms with van der Waals surface area (Å²) in [6.07, 6.45) is 5.10. The summed E-state index contributed by atoms with van der Waals surface area (Å²) in [5.74, 6) is 5.79. The van der Waals surface area contributed by atoms with Gasteiger partial charge in [-0.1, -0.05) is 0 Å². The van der Waals surface area contributed by atoms with Crippen LogP contribution in [0.4, 0.5) is 4.79 Å². The molecule has 0 bridgehead atoms. The molecule has 0 aromatic carbocycles. The average Bonchev–Trinajstić information content (AvgIpc) is 3.19. The summed E-state index contributed by atoms with van der Waals surface area (Å²) in [5.41, 5.74) is 2.10. The molecule has 0 atom stereocenters. The largest absolute Gasteiger partial charge is 0.506 e. The van der Waals surface area contributed by atoms with E-state index in [2.05, 4.69) is 15.1 Å². The summed E-state index contributed by atoms with van der Waals surface area (Å²) >= 11 is 0. The van der Waals surface area contributed by atoms with Crippen LogP contribution in [0.25, 0.3) is 5.52 Å². The first kappa shape index (κ1) is 23.0. The van der Waals surface area contributed by atoms with Crippen molar-refractivity contribution in [3.8, 4) is 5.75 Å². The number of aliphatic imine (C=N–C) groups is 1. The van der Waals surface area contributed by atoms with E-state index in [-0.39, 0.29) is 17.9 Å². The van der Waals surface area contributed by atoms with Crippen LogP contribution in [0.3, 0.4) is 0 Å². The Morgan fingerprint density at radius 2 is 1.94 bits per heavy atom. The van der Waals surface area contributed by atoms with Gasteiger partial charge in [-0.3, -0.25) is 9.89 Å². The highest BCUT2D eigenvalue weighted by Crippen LogP contribution is 2.30. The van der Waals surface area contributed by atoms with Crippen LogP contribution in [0.15, 0.2) is 34.6 Å². The molecule has 0 unspecified atom stereocenters. The molecule has 1 saturated heterocycles. The fourth-order valence-corrected chi connectivity index (χ4v) is 4.41. The maximum absolute atomic E-state index is 12.3. The number of carbonyl (C=O) groups is 1. The molecule has 10 nitrogen and oxygen atoms in total. The van der Waals surface area contributed by atoms with Gasteiger partial charge in [-0.15, -0.1) is 0 Å². The summed E-state index contributed by atoms with van der Waals surface area (Å²) in [5, 5.41) is 18.4. The lowest BCUT2D eigenvalue weighted by Crippen LogP contribution is -2.56. The third-order valence-corrected chi connectivity index (χ3v) is 6.18. The van der Waals surface area contributed by atoms with Crippen molar-refractivity contribution in [2.75, 3.05) is 26.2 Å². The SMILES string of the molecule is CC(=NC1CC(N2CCN(C(=O)OC(C)(C)C)CC2)C1)/C(=N\N)c1cc(O)c2ccnn2c1. The summed E-state index contributed by atoms with van der Waals surface area (Å²) in [7, 11) is 0. The molecule has 178 valence electrons. The number of nitrogens with two attached hydrogens (primary N) is 1. The topological polar surface area (TPSA) is 121 Å². The minimum absolute atomic E-state index is 0.119. The fourth-order valence-electron chi connectivity index (χ4n) is 4.41. The number of hydrazone groups is 1. The van der Waals surface area contributed by atoms with Gasteiger partial charge in [-0.25, -0.2) is 9.31 Å². The first-order valence-electron chi connectivity index (χ1n) is 11.4. The molecule has 1 aliphatic carbocycles. The van der Waals surface area contributed by atoms with Crippen molar-refractivity contribution < 1.29 is 14.6 Å². The van der Waals surface area contributed by atoms with Crippen LogP contribution in [-0.4, -0.2) is 85.9 Å². The quantitative estimate of drug-likeness (QED) is 0.414. The van der Waals surface area contributed by atoms with Gasteiger partial charge in [0.1, 0.15) is 22.6 Å². The van der Waals surface area contributed by atoms with Gasteiger partial charge < -0.3 is 20.6 Å². The zero-order valence-corrected chi connectivity index (χ0v) is 19.7. The lowest BCUT2D eigenvalue weighted by atomic mass is 9.85. The van der Waals surface area contributed by atoms with Gasteiger partial charge in [0, 0.05) is 44.0 Å². The third kappa shape index (κ3) is 5.11. The molecule has 1 saturated carbocycles. The normalized spacial score (nSPS) is 23.0. The second-order valence-electron chi connectivity index (χ2n) is 9.75. The standard InChI is InChI=1S/C23H33N7O3/c1-15(21(27-24)16-11-20(31)19-5-6-25-30(19)14-16)26-17-12-18(13-17)28-7-9-29(10-8-28)22(32)33-23(2,3)4/h5-6,11,14,17-18,31H,7-10,12-13,24H2,1-4H3/b26-15?,27-21+. The molecule has 0 radical (unpaired) electrons. The van der Waals surface area contributed by atoms with E-state index < -0.39 is 5.60 Å². The molecule has 3 N–H and O–H groups in total. The Morgan fingerprint density at radius 3 is 2.58 bits per heavy atom. The van der Waals surface area contributed by atoms with Gasteiger partial charge in [-0.05, 0) is 52.7 Å². The van der Waals surface area contributed by atoms with Crippen molar-refractivity contribution in [2.45, 2.75) is 58.2 Å². The van der Waals surface area contributed by atoms with E-state index in [9.17, 15) is 9.90 Å². The maximum atomic E-state index is 12.3. The summed E-state index contributed by atoms with van der Waals surface area (Å²) in [6.45, 7) is 10.6. The molecule has 33 heavy (non-hydrogen) atoms. The number of ether oxygens (including phenoxy) is 1. The van der Waals surface area contributed by atoms with Crippen LogP contribution in [0.2, 0.25) is 0 Å². The second kappa shape index (κ2) is 9.01. The third-order valence-electron chi connectivity index (χ3n) is 6.18. The summed E-state index contributed by atoms with van der Waals surface area (Å²) in [4.78, 5) is 21.3. The highest BCUT2D eigenvalue weighted by atomic mass is 16.6. The van der Waals surface area contributed by atoms with Crippen LogP contribution in [0.1, 0.15) is 46.1 Å². The summed E-state index contributed by atoms with van der Waals surface area (Å²) < 4.78 is 7.07. The first-order chi connectivity index (χ1) is 15.6. The van der Waals surface area contributed by atoms with Gasteiger partial charge >= 0.3 is 6.09 Å². The fraction of sp³-hybridized carbons (Fsp3) is 0.565. The van der Waals surface area contributed by atoms with Crippen LogP contribution >= 0.6 is 0 Å². The molecule has 2 aromatic heterocycles. The molecular weight excluding hydrogens is 422 g/mol. The van der Waals surface area contributed by atoms with E-state index in [1.165, 1.54) is 0 Å². The van der Waals surface area contributed by atoms with Gasteiger partial charge in [0.2, 0.25) is 0 Å². The number of hydrogen-bond acceptors (Lipinski definition) is 8. The van der Waals surface area contributed by atoms with Crippen molar-refractivity contribution in [2.24, 2.45) is 15.9 Å². The number of piperazine rings is 1. The highest BCUT2D eigenvalue weighted by Gasteiger charge is 2.36. The summed E-state index contributed by atoms with van der Waals surface area (Å²) in [6, 6.07) is 4.05. The van der Waals surface area contributed by atoms with Crippen molar-refractivity contribution in [3.63, 3.8) is 0 Å². The molecule has 2 fully saturated rings. The minimum Gasteiger partial charge on any atom is -0.506 e. The van der Waals surface area contributed by atoms with Crippen LogP contribution in [0.5, 0.6) is 5.75 Å². The average molecular weight is 456 g/mol. The van der Waals surface area contributed by atoms with Crippen molar-refractivity contribution >= 4 is 23.0 Å². The van der Waals surface area contributed by atoms with E-state index in [0.29, 0.717) is 35.9 Å². The highest BCUT2D eigenvalue weighted by molar-refractivity contribution is 6.47. The van der Waals surface area contributed by atoms with Crippen molar-refractivity contribution in [3.05, 3.63) is 30.1 Å². The molecule has 3 heterocycles. The molecule has 0 spiro atoms. The number of rotatable bonds is 4. The van der Waals surface area contributed by atoms with E-state index in [0.717, 1.165) is 31.6 Å². The molecule has 1 amide bonds. The van der Waals surface area contributed by atoms with E-state index in [4.69, 9.17) is 15.6 Å². The lowest BCUT2D eigenvalue weighted by Gasteiger charge is -2.45. The van der Waals surface area contributed by atoms with E-state index in [1.54, 1.807) is 33.9 Å². The maximum Gasteiger partial charge on any atom is 0.410 e. The Morgan fingerprint density at radius 1 is 1.24 bits per heavy atom. The zero-order valence-electron chi connectivity index (χ0n) is 19.7. The van der Waals surface area contributed by atoms with Gasteiger partial charge in [0.25, 0.3) is 0 Å². The Labute approximate surface area is 193 Å². The Kier molecular flexibility index (Phi) is 6.29. The van der Waals surface area contributed by atoms with Gasteiger partial charge in [0.15, 0.2) is 0 Å². The van der Waals surface area contributed by atoms with E-state index in [1.807, 2.05) is 27.7 Å². The predicted molar refractivity (Wildman–Crippen MR) is 127 cm³/mol. The number of hydrogen-bond donors (Lipinski definition) is 2. The van der Waals surface area contributed by atoms with E-state index >= 15 is 0 Å². The first-order valence-corrected chi connectivity index (χ1v) is 11.4. The Hall–Kier alpha value is -3.14. The molecule has 10 heteroatoms. The number of amides is 1. The molecule has 4 rings (SSSR count). The molecule has 1 aliphatic heterocycles. The van der Waals surface area contributed by atoms with Crippen LogP contribution < -0.4 is 5.84 Å². The Balaban J connectivity index is 1.31. The Bertz CT molecular complexity index is 1070. The molecule has 2 aliphatic rings. The monoisotopic (exact) mass is 455 g/mol. The molecular formula is C23H33N7O3.